The number of nitrogens with zero attached hydrogens (tertiary/aromatic N) is 4. The number of aromatic nitrogens is 2. The summed E-state index contributed by atoms with van der Waals surface area (Å²) in [5.41, 5.74) is 6.14. The number of hydrogen-bond acceptors (Lipinski definition) is 6. The van der Waals surface area contributed by atoms with Gasteiger partial charge in [0.15, 0.2) is 5.69 Å². The molecule has 0 amide bonds. The Balaban J connectivity index is 2.20. The van der Waals surface area contributed by atoms with Crippen LogP contribution in [-0.2, 0) is 14.9 Å². The molecular weight excluding hydrogens is 377 g/mol. The van der Waals surface area contributed by atoms with Gasteiger partial charge in [0.1, 0.15) is 17.6 Å². The SMILES string of the molecule is CCOC(=O)C1(c2c(C#N)nn(-c3c(Cl)cc(C#N)cc3Cl)c2N)CC1. The number of esters is 1. The molecule has 0 atom stereocenters. The van der Waals surface area contributed by atoms with Crippen LogP contribution in [0.2, 0.25) is 10.0 Å². The predicted octanol–water partition coefficient (Wildman–Crippen LogP) is 3.10. The van der Waals surface area contributed by atoms with Crippen molar-refractivity contribution in [2.24, 2.45) is 0 Å². The molecule has 1 aromatic carbocycles. The average molecular weight is 390 g/mol. The summed E-state index contributed by atoms with van der Waals surface area (Å²) in [6.45, 7) is 1.94. The summed E-state index contributed by atoms with van der Waals surface area (Å²) in [5.74, 6) is -0.333. The Kier molecular flexibility index (Phi) is 4.53. The highest BCUT2D eigenvalue weighted by atomic mass is 35.5. The average Bonchev–Trinajstić information content (AvgIpc) is 3.34. The van der Waals surface area contributed by atoms with Crippen LogP contribution >= 0.6 is 23.2 Å². The van der Waals surface area contributed by atoms with Crippen molar-refractivity contribution < 1.29 is 9.53 Å². The number of nitrogen functional groups attached to an aromatic ring is 1. The Morgan fingerprint density at radius 2 is 1.96 bits per heavy atom. The highest BCUT2D eigenvalue weighted by Crippen LogP contribution is 2.53. The van der Waals surface area contributed by atoms with Crippen molar-refractivity contribution in [3.8, 4) is 17.8 Å². The minimum atomic E-state index is -0.963. The topological polar surface area (TPSA) is 118 Å². The zero-order valence-electron chi connectivity index (χ0n) is 13.7. The second-order valence-electron chi connectivity index (χ2n) is 5.84. The number of carbonyl (C=O) groups excluding carboxylic acids is 1. The number of nitriles is 2. The Bertz CT molecular complexity index is 973. The number of nitrogens with two attached hydrogens (primary N) is 1. The molecule has 1 saturated carbocycles. The fraction of sp³-hybridized carbons (Fsp3) is 0.294. The Labute approximate surface area is 159 Å². The highest BCUT2D eigenvalue weighted by molar-refractivity contribution is 6.38. The van der Waals surface area contributed by atoms with E-state index in [2.05, 4.69) is 5.10 Å². The van der Waals surface area contributed by atoms with Crippen LogP contribution in [0, 0.1) is 22.7 Å². The molecule has 0 saturated heterocycles. The summed E-state index contributed by atoms with van der Waals surface area (Å²) in [6.07, 6.45) is 1.04. The van der Waals surface area contributed by atoms with Gasteiger partial charge >= 0.3 is 5.97 Å². The van der Waals surface area contributed by atoms with Gasteiger partial charge in [0.25, 0.3) is 0 Å². The third kappa shape index (κ3) is 2.66. The molecule has 0 spiro atoms. The lowest BCUT2D eigenvalue weighted by Gasteiger charge is -2.14. The first-order chi connectivity index (χ1) is 12.4. The molecule has 2 aromatic rings. The number of halogens is 2. The molecule has 2 N–H and O–H groups in total. The van der Waals surface area contributed by atoms with E-state index in [0.717, 1.165) is 0 Å². The molecule has 132 valence electrons. The second kappa shape index (κ2) is 6.53. The van der Waals surface area contributed by atoms with E-state index in [0.29, 0.717) is 18.4 Å². The molecule has 0 radical (unpaired) electrons. The van der Waals surface area contributed by atoms with Crippen molar-refractivity contribution in [2.75, 3.05) is 12.3 Å². The molecule has 3 rings (SSSR count). The first-order valence-electron chi connectivity index (χ1n) is 7.75. The van der Waals surface area contributed by atoms with Crippen LogP contribution in [0.1, 0.15) is 36.6 Å². The van der Waals surface area contributed by atoms with Crippen LogP contribution < -0.4 is 5.73 Å². The molecule has 1 aliphatic rings. The van der Waals surface area contributed by atoms with Crippen molar-refractivity contribution in [1.29, 1.82) is 10.5 Å². The maximum atomic E-state index is 12.4. The number of carbonyl (C=O) groups is 1. The minimum absolute atomic E-state index is 0.0181. The standard InChI is InChI=1S/C17H13Cl2N5O2/c1-2-26-16(25)17(3-4-17)13-12(8-21)23-24(15(13)22)14-10(18)5-9(7-20)6-11(14)19/h5-6H,2-4,22H2,1H3. The lowest BCUT2D eigenvalue weighted by atomic mass is 9.95. The monoisotopic (exact) mass is 389 g/mol. The van der Waals surface area contributed by atoms with Gasteiger partial charge in [-0.05, 0) is 31.9 Å². The van der Waals surface area contributed by atoms with Crippen LogP contribution in [0.5, 0.6) is 0 Å². The van der Waals surface area contributed by atoms with E-state index in [1.807, 2.05) is 12.1 Å². The molecule has 0 bridgehead atoms. The van der Waals surface area contributed by atoms with Crippen LogP contribution in [0.15, 0.2) is 12.1 Å². The molecule has 1 fully saturated rings. The lowest BCUT2D eigenvalue weighted by Crippen LogP contribution is -2.25. The van der Waals surface area contributed by atoms with E-state index in [4.69, 9.17) is 38.9 Å². The van der Waals surface area contributed by atoms with E-state index in [-0.39, 0.29) is 39.4 Å². The molecule has 7 nitrogen and oxygen atoms in total. The first-order valence-corrected chi connectivity index (χ1v) is 8.51. The van der Waals surface area contributed by atoms with Crippen LogP contribution in [0.25, 0.3) is 5.69 Å². The normalized spacial score (nSPS) is 14.3. The van der Waals surface area contributed by atoms with E-state index < -0.39 is 11.4 Å². The number of benzene rings is 1. The molecule has 26 heavy (non-hydrogen) atoms. The summed E-state index contributed by atoms with van der Waals surface area (Å²) in [7, 11) is 0. The van der Waals surface area contributed by atoms with Crippen LogP contribution in [0.4, 0.5) is 5.82 Å². The van der Waals surface area contributed by atoms with Gasteiger partial charge in [-0.2, -0.15) is 15.6 Å². The Hall–Kier alpha value is -2.74. The van der Waals surface area contributed by atoms with Gasteiger partial charge in [-0.1, -0.05) is 23.2 Å². The minimum Gasteiger partial charge on any atom is -0.465 e. The van der Waals surface area contributed by atoms with E-state index in [1.54, 1.807) is 6.92 Å². The number of hydrogen-bond donors (Lipinski definition) is 1. The molecule has 0 aliphatic heterocycles. The second-order valence-corrected chi connectivity index (χ2v) is 6.65. The maximum Gasteiger partial charge on any atom is 0.316 e. The predicted molar refractivity (Wildman–Crippen MR) is 95.0 cm³/mol. The molecule has 9 heteroatoms. The molecule has 0 unspecified atom stereocenters. The number of rotatable bonds is 4. The van der Waals surface area contributed by atoms with Gasteiger partial charge in [0.05, 0.1) is 33.7 Å². The largest absolute Gasteiger partial charge is 0.465 e. The van der Waals surface area contributed by atoms with Crippen molar-refractivity contribution in [3.63, 3.8) is 0 Å². The third-order valence-corrected chi connectivity index (χ3v) is 4.86. The molecule has 1 aromatic heterocycles. The molecular formula is C17H13Cl2N5O2. The van der Waals surface area contributed by atoms with Crippen molar-refractivity contribution >= 4 is 35.0 Å². The summed E-state index contributed by atoms with van der Waals surface area (Å²) < 4.78 is 6.38. The van der Waals surface area contributed by atoms with Gasteiger partial charge in [0.2, 0.25) is 0 Å². The van der Waals surface area contributed by atoms with E-state index in [9.17, 15) is 10.1 Å². The lowest BCUT2D eigenvalue weighted by molar-refractivity contribution is -0.146. The van der Waals surface area contributed by atoms with Crippen molar-refractivity contribution in [3.05, 3.63) is 39.0 Å². The quantitative estimate of drug-likeness (QED) is 0.802. The van der Waals surface area contributed by atoms with Gasteiger partial charge < -0.3 is 10.5 Å². The van der Waals surface area contributed by atoms with Gasteiger partial charge in [-0.15, -0.1) is 0 Å². The van der Waals surface area contributed by atoms with Gasteiger partial charge in [0, 0.05) is 5.56 Å². The molecule has 1 heterocycles. The number of ether oxygens (including phenoxy) is 1. The fourth-order valence-electron chi connectivity index (χ4n) is 2.93. The summed E-state index contributed by atoms with van der Waals surface area (Å²) >= 11 is 12.5. The summed E-state index contributed by atoms with van der Waals surface area (Å²) in [4.78, 5) is 12.4. The van der Waals surface area contributed by atoms with E-state index in [1.165, 1.54) is 16.8 Å². The van der Waals surface area contributed by atoms with E-state index >= 15 is 0 Å². The van der Waals surface area contributed by atoms with Crippen LogP contribution in [-0.4, -0.2) is 22.4 Å². The summed E-state index contributed by atoms with van der Waals surface area (Å²) in [6, 6.07) is 6.77. The highest BCUT2D eigenvalue weighted by Gasteiger charge is 2.56. The first kappa shape index (κ1) is 18.1. The zero-order valence-corrected chi connectivity index (χ0v) is 15.2. The van der Waals surface area contributed by atoms with Crippen molar-refractivity contribution in [1.82, 2.24) is 9.78 Å². The van der Waals surface area contributed by atoms with Gasteiger partial charge in [-0.3, -0.25) is 4.79 Å². The fourth-order valence-corrected chi connectivity index (χ4v) is 3.58. The third-order valence-electron chi connectivity index (χ3n) is 4.28. The number of anilines is 1. The maximum absolute atomic E-state index is 12.4. The van der Waals surface area contributed by atoms with Crippen LogP contribution in [0.3, 0.4) is 0 Å². The summed E-state index contributed by atoms with van der Waals surface area (Å²) in [5, 5.41) is 23.0. The zero-order chi connectivity index (χ0) is 19.1. The molecule has 1 aliphatic carbocycles. The Morgan fingerprint density at radius 3 is 2.42 bits per heavy atom. The van der Waals surface area contributed by atoms with Crippen molar-refractivity contribution in [2.45, 2.75) is 25.2 Å². The smallest absolute Gasteiger partial charge is 0.316 e. The Morgan fingerprint density at radius 1 is 1.35 bits per heavy atom. The van der Waals surface area contributed by atoms with Gasteiger partial charge in [-0.25, -0.2) is 4.68 Å².